The summed E-state index contributed by atoms with van der Waals surface area (Å²) in [5.74, 6) is 0.796. The fraction of sp³-hybridized carbons (Fsp3) is 0.318. The highest BCUT2D eigenvalue weighted by atomic mass is 32.2. The molecular weight excluding hydrogens is 368 g/mol. The average molecular weight is 395 g/mol. The number of carbonyl (C=O) groups is 1. The molecule has 0 aliphatic heterocycles. The van der Waals surface area contributed by atoms with E-state index in [2.05, 4.69) is 52.1 Å². The van der Waals surface area contributed by atoms with Gasteiger partial charge in [-0.3, -0.25) is 4.79 Å². The number of nitrogens with zero attached hydrogens (tertiary/aromatic N) is 3. The lowest BCUT2D eigenvalue weighted by Gasteiger charge is -2.14. The standard InChI is InChI=1S/C22H26N4OS/c1-6-26-20(18-10-8-7-9-15(18)3)24-25-22(26)28-17(5)21(27)23-19-12-11-14(2)13-16(19)4/h7-13,17H,6H2,1-5H3,(H,23,27). The van der Waals surface area contributed by atoms with Gasteiger partial charge in [0.15, 0.2) is 11.0 Å². The number of carbonyl (C=O) groups excluding carboxylic acids is 1. The van der Waals surface area contributed by atoms with E-state index in [-0.39, 0.29) is 11.2 Å². The Morgan fingerprint density at radius 2 is 1.86 bits per heavy atom. The van der Waals surface area contributed by atoms with Crippen molar-refractivity contribution in [2.75, 3.05) is 5.32 Å². The first kappa shape index (κ1) is 20.1. The van der Waals surface area contributed by atoms with Crippen LogP contribution >= 0.6 is 11.8 Å². The van der Waals surface area contributed by atoms with Crippen LogP contribution in [0.3, 0.4) is 0 Å². The summed E-state index contributed by atoms with van der Waals surface area (Å²) in [5, 5.41) is 12.2. The molecule has 146 valence electrons. The number of nitrogens with one attached hydrogen (secondary N) is 1. The van der Waals surface area contributed by atoms with E-state index < -0.39 is 0 Å². The van der Waals surface area contributed by atoms with Crippen molar-refractivity contribution < 1.29 is 4.79 Å². The first-order valence-electron chi connectivity index (χ1n) is 9.44. The number of thioether (sulfide) groups is 1. The van der Waals surface area contributed by atoms with E-state index in [9.17, 15) is 4.79 Å². The van der Waals surface area contributed by atoms with Crippen molar-refractivity contribution in [3.63, 3.8) is 0 Å². The molecule has 6 heteroatoms. The number of rotatable bonds is 6. The van der Waals surface area contributed by atoms with Gasteiger partial charge in [0.1, 0.15) is 0 Å². The Morgan fingerprint density at radius 3 is 2.54 bits per heavy atom. The zero-order chi connectivity index (χ0) is 20.3. The Labute approximate surface area is 170 Å². The molecule has 1 heterocycles. The molecule has 3 aromatic rings. The van der Waals surface area contributed by atoms with Crippen LogP contribution in [0, 0.1) is 20.8 Å². The van der Waals surface area contributed by atoms with Gasteiger partial charge < -0.3 is 9.88 Å². The highest BCUT2D eigenvalue weighted by Gasteiger charge is 2.21. The summed E-state index contributed by atoms with van der Waals surface area (Å²) in [7, 11) is 0. The summed E-state index contributed by atoms with van der Waals surface area (Å²) < 4.78 is 2.06. The van der Waals surface area contributed by atoms with E-state index in [1.165, 1.54) is 17.3 Å². The van der Waals surface area contributed by atoms with Gasteiger partial charge >= 0.3 is 0 Å². The summed E-state index contributed by atoms with van der Waals surface area (Å²) >= 11 is 1.43. The maximum atomic E-state index is 12.7. The molecule has 28 heavy (non-hydrogen) atoms. The maximum absolute atomic E-state index is 12.7. The van der Waals surface area contributed by atoms with Crippen LogP contribution < -0.4 is 5.32 Å². The first-order chi connectivity index (χ1) is 13.4. The Bertz CT molecular complexity index is 996. The number of anilines is 1. The van der Waals surface area contributed by atoms with Crippen LogP contribution in [0.2, 0.25) is 0 Å². The molecule has 3 rings (SSSR count). The average Bonchev–Trinajstić information content (AvgIpc) is 3.06. The molecule has 1 amide bonds. The Kier molecular flexibility index (Phi) is 6.19. The lowest BCUT2D eigenvalue weighted by Crippen LogP contribution is -2.23. The first-order valence-corrected chi connectivity index (χ1v) is 10.3. The molecule has 0 aliphatic rings. The highest BCUT2D eigenvalue weighted by molar-refractivity contribution is 8.00. The van der Waals surface area contributed by atoms with Crippen molar-refractivity contribution in [2.45, 2.75) is 51.6 Å². The summed E-state index contributed by atoms with van der Waals surface area (Å²) in [4.78, 5) is 12.7. The van der Waals surface area contributed by atoms with E-state index in [1.807, 2.05) is 45.0 Å². The zero-order valence-corrected chi connectivity index (χ0v) is 17.8. The van der Waals surface area contributed by atoms with E-state index in [4.69, 9.17) is 0 Å². The van der Waals surface area contributed by atoms with Gasteiger partial charge in [-0.2, -0.15) is 0 Å². The fourth-order valence-electron chi connectivity index (χ4n) is 3.08. The third kappa shape index (κ3) is 4.28. The third-order valence-electron chi connectivity index (χ3n) is 4.71. The van der Waals surface area contributed by atoms with Gasteiger partial charge in [0.25, 0.3) is 0 Å². The molecule has 1 unspecified atom stereocenters. The van der Waals surface area contributed by atoms with Crippen LogP contribution in [-0.4, -0.2) is 25.9 Å². The topological polar surface area (TPSA) is 59.8 Å². The van der Waals surface area contributed by atoms with Crippen molar-refractivity contribution in [1.29, 1.82) is 0 Å². The minimum absolute atomic E-state index is 0.0416. The molecule has 0 saturated heterocycles. The summed E-state index contributed by atoms with van der Waals surface area (Å²) in [5.41, 5.74) is 5.31. The van der Waals surface area contributed by atoms with E-state index in [0.717, 1.165) is 39.9 Å². The van der Waals surface area contributed by atoms with Crippen molar-refractivity contribution in [3.8, 4) is 11.4 Å². The molecule has 0 aliphatic carbocycles. The Hall–Kier alpha value is -2.60. The van der Waals surface area contributed by atoms with Crippen LogP contribution in [0.25, 0.3) is 11.4 Å². The summed E-state index contributed by atoms with van der Waals surface area (Å²) in [6.07, 6.45) is 0. The van der Waals surface area contributed by atoms with Crippen LogP contribution in [-0.2, 0) is 11.3 Å². The molecule has 5 nitrogen and oxygen atoms in total. The number of hydrogen-bond donors (Lipinski definition) is 1. The van der Waals surface area contributed by atoms with E-state index >= 15 is 0 Å². The lowest BCUT2D eigenvalue weighted by molar-refractivity contribution is -0.115. The molecule has 0 fully saturated rings. The second-order valence-electron chi connectivity index (χ2n) is 6.93. The van der Waals surface area contributed by atoms with Crippen molar-refractivity contribution >= 4 is 23.4 Å². The van der Waals surface area contributed by atoms with Gasteiger partial charge in [0, 0.05) is 17.8 Å². The lowest BCUT2D eigenvalue weighted by atomic mass is 10.1. The molecule has 0 bridgehead atoms. The van der Waals surface area contributed by atoms with Crippen molar-refractivity contribution in [1.82, 2.24) is 14.8 Å². The minimum Gasteiger partial charge on any atom is -0.325 e. The van der Waals surface area contributed by atoms with Gasteiger partial charge in [-0.05, 0) is 51.8 Å². The molecular formula is C22H26N4OS. The molecule has 0 radical (unpaired) electrons. The highest BCUT2D eigenvalue weighted by Crippen LogP contribution is 2.29. The van der Waals surface area contributed by atoms with Crippen molar-refractivity contribution in [2.24, 2.45) is 0 Å². The van der Waals surface area contributed by atoms with Gasteiger partial charge in [-0.25, -0.2) is 0 Å². The van der Waals surface area contributed by atoms with Crippen LogP contribution in [0.15, 0.2) is 47.6 Å². The van der Waals surface area contributed by atoms with Gasteiger partial charge in [-0.1, -0.05) is 53.7 Å². The third-order valence-corrected chi connectivity index (χ3v) is 5.79. The van der Waals surface area contributed by atoms with Crippen LogP contribution in [0.5, 0.6) is 0 Å². The number of hydrogen-bond acceptors (Lipinski definition) is 4. The zero-order valence-electron chi connectivity index (χ0n) is 17.0. The summed E-state index contributed by atoms with van der Waals surface area (Å²) in [6, 6.07) is 14.2. The number of amides is 1. The van der Waals surface area contributed by atoms with Gasteiger partial charge in [0.2, 0.25) is 5.91 Å². The van der Waals surface area contributed by atoms with E-state index in [0.29, 0.717) is 0 Å². The van der Waals surface area contributed by atoms with Gasteiger partial charge in [0.05, 0.1) is 5.25 Å². The van der Waals surface area contributed by atoms with Crippen molar-refractivity contribution in [3.05, 3.63) is 59.2 Å². The monoisotopic (exact) mass is 394 g/mol. The second kappa shape index (κ2) is 8.61. The number of aryl methyl sites for hydroxylation is 3. The van der Waals surface area contributed by atoms with Crippen LogP contribution in [0.1, 0.15) is 30.5 Å². The second-order valence-corrected chi connectivity index (χ2v) is 8.24. The predicted octanol–water partition coefficient (Wildman–Crippen LogP) is 5.01. The minimum atomic E-state index is -0.292. The maximum Gasteiger partial charge on any atom is 0.237 e. The molecule has 1 aromatic heterocycles. The largest absolute Gasteiger partial charge is 0.325 e. The molecule has 0 spiro atoms. The number of benzene rings is 2. The fourth-order valence-corrected chi connectivity index (χ4v) is 4.00. The van der Waals surface area contributed by atoms with E-state index in [1.54, 1.807) is 0 Å². The Morgan fingerprint density at radius 1 is 1.11 bits per heavy atom. The Balaban J connectivity index is 1.78. The van der Waals surface area contributed by atoms with Crippen LogP contribution in [0.4, 0.5) is 5.69 Å². The quantitative estimate of drug-likeness (QED) is 0.597. The smallest absolute Gasteiger partial charge is 0.237 e. The SMILES string of the molecule is CCn1c(SC(C)C(=O)Nc2ccc(C)cc2C)nnc1-c1ccccc1C. The summed E-state index contributed by atoms with van der Waals surface area (Å²) in [6.45, 7) is 10.8. The molecule has 0 saturated carbocycles. The predicted molar refractivity (Wildman–Crippen MR) is 116 cm³/mol. The normalized spacial score (nSPS) is 12.0. The molecule has 1 N–H and O–H groups in total. The van der Waals surface area contributed by atoms with Gasteiger partial charge in [-0.15, -0.1) is 10.2 Å². The number of aromatic nitrogens is 3. The molecule has 2 aromatic carbocycles. The molecule has 1 atom stereocenters.